The van der Waals surface area contributed by atoms with Crippen molar-refractivity contribution in [3.8, 4) is 11.3 Å². The van der Waals surface area contributed by atoms with Gasteiger partial charge >= 0.3 is 0 Å². The van der Waals surface area contributed by atoms with Crippen molar-refractivity contribution in [3.63, 3.8) is 0 Å². The molecule has 190 valence electrons. The Morgan fingerprint density at radius 1 is 0.892 bits per heavy atom. The predicted molar refractivity (Wildman–Crippen MR) is 138 cm³/mol. The minimum atomic E-state index is -0.361. The van der Waals surface area contributed by atoms with Crippen molar-refractivity contribution in [3.05, 3.63) is 89.7 Å². The second-order valence-corrected chi connectivity index (χ2v) is 9.10. The fourth-order valence-electron chi connectivity index (χ4n) is 4.31. The summed E-state index contributed by atoms with van der Waals surface area (Å²) >= 11 is 6.29. The quantitative estimate of drug-likeness (QED) is 0.358. The SMILES string of the molecule is O=C(CN(Cc1ccco1)C(=O)c1ccco1)N1CCCN(c2ccc(-c3ccccc3Cl)nn2)CC1. The second kappa shape index (κ2) is 11.3. The summed E-state index contributed by atoms with van der Waals surface area (Å²) in [5.41, 5.74) is 1.54. The topological polar surface area (TPSA) is 95.9 Å². The average Bonchev–Trinajstić information content (AvgIpc) is 3.59. The molecule has 0 saturated carbocycles. The van der Waals surface area contributed by atoms with E-state index in [1.807, 2.05) is 36.4 Å². The molecule has 0 N–H and O–H groups in total. The third-order valence-corrected chi connectivity index (χ3v) is 6.57. The first-order chi connectivity index (χ1) is 18.1. The van der Waals surface area contributed by atoms with E-state index in [1.165, 1.54) is 11.2 Å². The summed E-state index contributed by atoms with van der Waals surface area (Å²) < 4.78 is 10.7. The van der Waals surface area contributed by atoms with E-state index in [4.69, 9.17) is 20.4 Å². The van der Waals surface area contributed by atoms with Gasteiger partial charge in [-0.15, -0.1) is 10.2 Å². The lowest BCUT2D eigenvalue weighted by molar-refractivity contribution is -0.131. The number of hydrogen-bond acceptors (Lipinski definition) is 7. The zero-order valence-corrected chi connectivity index (χ0v) is 20.9. The predicted octanol–water partition coefficient (Wildman–Crippen LogP) is 4.36. The van der Waals surface area contributed by atoms with E-state index in [9.17, 15) is 9.59 Å². The molecular weight excluding hydrogens is 494 g/mol. The summed E-state index contributed by atoms with van der Waals surface area (Å²) in [5.74, 6) is 1.03. The number of carbonyl (C=O) groups excluding carboxylic acids is 2. The molecule has 1 aliphatic rings. The monoisotopic (exact) mass is 519 g/mol. The maximum atomic E-state index is 13.3. The van der Waals surface area contributed by atoms with Crippen molar-refractivity contribution in [2.24, 2.45) is 0 Å². The smallest absolute Gasteiger partial charge is 0.290 e. The van der Waals surface area contributed by atoms with Gasteiger partial charge in [-0.05, 0) is 48.9 Å². The summed E-state index contributed by atoms with van der Waals surface area (Å²) in [6, 6.07) is 18.1. The van der Waals surface area contributed by atoms with Crippen molar-refractivity contribution < 1.29 is 18.4 Å². The van der Waals surface area contributed by atoms with Gasteiger partial charge in [0.25, 0.3) is 5.91 Å². The molecule has 0 spiro atoms. The molecule has 0 unspecified atom stereocenters. The third-order valence-electron chi connectivity index (χ3n) is 6.24. The van der Waals surface area contributed by atoms with Gasteiger partial charge in [-0.2, -0.15) is 0 Å². The highest BCUT2D eigenvalue weighted by molar-refractivity contribution is 6.33. The minimum absolute atomic E-state index is 0.0768. The third kappa shape index (κ3) is 5.83. The number of aromatic nitrogens is 2. The Balaban J connectivity index is 1.23. The Hall–Kier alpha value is -4.11. The molecule has 3 aromatic heterocycles. The molecule has 0 bridgehead atoms. The van der Waals surface area contributed by atoms with E-state index in [2.05, 4.69) is 15.1 Å². The van der Waals surface area contributed by atoms with Gasteiger partial charge in [0.15, 0.2) is 11.6 Å². The number of anilines is 1. The van der Waals surface area contributed by atoms with Crippen LogP contribution in [-0.4, -0.2) is 64.5 Å². The van der Waals surface area contributed by atoms with Gasteiger partial charge in [-0.3, -0.25) is 9.59 Å². The number of rotatable bonds is 7. The van der Waals surface area contributed by atoms with Crippen LogP contribution in [0, 0.1) is 0 Å². The number of hydrogen-bond donors (Lipinski definition) is 0. The van der Waals surface area contributed by atoms with E-state index in [0.29, 0.717) is 36.1 Å². The number of benzene rings is 1. The molecule has 4 heterocycles. The van der Waals surface area contributed by atoms with Crippen molar-refractivity contribution in [2.75, 3.05) is 37.6 Å². The first kappa shape index (κ1) is 24.6. The van der Waals surface area contributed by atoms with Crippen LogP contribution < -0.4 is 4.90 Å². The normalized spacial score (nSPS) is 13.9. The fraction of sp³-hybridized carbons (Fsp3) is 0.259. The lowest BCUT2D eigenvalue weighted by Crippen LogP contribution is -2.44. The van der Waals surface area contributed by atoms with Gasteiger partial charge in [0.05, 0.1) is 29.8 Å². The molecule has 4 aromatic rings. The van der Waals surface area contributed by atoms with E-state index < -0.39 is 0 Å². The Labute approximate surface area is 219 Å². The largest absolute Gasteiger partial charge is 0.467 e. The van der Waals surface area contributed by atoms with Gasteiger partial charge in [0.2, 0.25) is 5.91 Å². The molecular formula is C27H26ClN5O4. The maximum Gasteiger partial charge on any atom is 0.290 e. The summed E-state index contributed by atoms with van der Waals surface area (Å²) in [6.07, 6.45) is 3.75. The van der Waals surface area contributed by atoms with Crippen LogP contribution in [0.15, 0.2) is 82.0 Å². The van der Waals surface area contributed by atoms with E-state index in [1.54, 1.807) is 35.4 Å². The minimum Gasteiger partial charge on any atom is -0.467 e. The van der Waals surface area contributed by atoms with E-state index >= 15 is 0 Å². The molecule has 1 aliphatic heterocycles. The molecule has 9 nitrogen and oxygen atoms in total. The fourth-order valence-corrected chi connectivity index (χ4v) is 4.54. The van der Waals surface area contributed by atoms with Crippen molar-refractivity contribution >= 4 is 29.2 Å². The first-order valence-electron chi connectivity index (χ1n) is 12.0. The molecule has 37 heavy (non-hydrogen) atoms. The van der Waals surface area contributed by atoms with Crippen LogP contribution in [0.3, 0.4) is 0 Å². The number of halogens is 1. The molecule has 1 aromatic carbocycles. The van der Waals surface area contributed by atoms with Crippen molar-refractivity contribution in [2.45, 2.75) is 13.0 Å². The molecule has 2 amide bonds. The van der Waals surface area contributed by atoms with Gasteiger partial charge in [0, 0.05) is 31.7 Å². The number of furan rings is 2. The highest BCUT2D eigenvalue weighted by Gasteiger charge is 2.26. The van der Waals surface area contributed by atoms with Crippen LogP contribution in [0.2, 0.25) is 5.02 Å². The zero-order chi connectivity index (χ0) is 25.6. The molecule has 1 fully saturated rings. The second-order valence-electron chi connectivity index (χ2n) is 8.70. The van der Waals surface area contributed by atoms with Crippen LogP contribution in [0.4, 0.5) is 5.82 Å². The maximum absolute atomic E-state index is 13.3. The number of nitrogens with zero attached hydrogens (tertiary/aromatic N) is 5. The molecule has 1 saturated heterocycles. The Morgan fingerprint density at radius 2 is 1.73 bits per heavy atom. The van der Waals surface area contributed by atoms with Gasteiger partial charge in [-0.25, -0.2) is 0 Å². The lowest BCUT2D eigenvalue weighted by atomic mass is 10.1. The number of amides is 2. The summed E-state index contributed by atoms with van der Waals surface area (Å²) in [6.45, 7) is 2.54. The molecule has 0 atom stereocenters. The molecule has 0 aliphatic carbocycles. The Morgan fingerprint density at radius 3 is 2.46 bits per heavy atom. The van der Waals surface area contributed by atoms with E-state index in [-0.39, 0.29) is 30.7 Å². The summed E-state index contributed by atoms with van der Waals surface area (Å²) in [7, 11) is 0. The van der Waals surface area contributed by atoms with Crippen LogP contribution in [0.1, 0.15) is 22.7 Å². The van der Waals surface area contributed by atoms with Crippen molar-refractivity contribution in [1.82, 2.24) is 20.0 Å². The average molecular weight is 520 g/mol. The molecule has 5 rings (SSSR count). The summed E-state index contributed by atoms with van der Waals surface area (Å²) in [4.78, 5) is 31.6. The van der Waals surface area contributed by atoms with E-state index in [0.717, 1.165) is 24.3 Å². The van der Waals surface area contributed by atoms with Gasteiger partial charge in [-0.1, -0.05) is 29.8 Å². The van der Waals surface area contributed by atoms with Gasteiger partial charge < -0.3 is 23.5 Å². The highest BCUT2D eigenvalue weighted by atomic mass is 35.5. The first-order valence-corrected chi connectivity index (χ1v) is 12.4. The lowest BCUT2D eigenvalue weighted by Gasteiger charge is -2.26. The van der Waals surface area contributed by atoms with Crippen LogP contribution >= 0.6 is 11.6 Å². The highest BCUT2D eigenvalue weighted by Crippen LogP contribution is 2.26. The zero-order valence-electron chi connectivity index (χ0n) is 20.1. The van der Waals surface area contributed by atoms with Gasteiger partial charge in [0.1, 0.15) is 12.3 Å². The Kier molecular flexibility index (Phi) is 7.51. The number of carbonyl (C=O) groups is 2. The molecule has 0 radical (unpaired) electrons. The standard InChI is InChI=1S/C27H26ClN5O4/c28-22-8-2-1-7-21(22)23-10-11-25(30-29-23)31-12-5-13-32(15-14-31)26(34)19-33(18-20-6-3-16-36-20)27(35)24-9-4-17-37-24/h1-4,6-11,16-17H,5,12-15,18-19H2. The summed E-state index contributed by atoms with van der Waals surface area (Å²) in [5, 5.41) is 9.41. The molecule has 10 heteroatoms. The van der Waals surface area contributed by atoms with Crippen LogP contribution in [0.5, 0.6) is 0 Å². The van der Waals surface area contributed by atoms with Crippen molar-refractivity contribution in [1.29, 1.82) is 0 Å². The van der Waals surface area contributed by atoms with Crippen LogP contribution in [0.25, 0.3) is 11.3 Å². The Bertz CT molecular complexity index is 1330. The van der Waals surface area contributed by atoms with Crippen LogP contribution in [-0.2, 0) is 11.3 Å².